The van der Waals surface area contributed by atoms with Gasteiger partial charge in [0.2, 0.25) is 5.95 Å². The van der Waals surface area contributed by atoms with Crippen molar-refractivity contribution in [1.29, 1.82) is 0 Å². The number of nitrogens with one attached hydrogen (secondary N) is 2. The van der Waals surface area contributed by atoms with Gasteiger partial charge in [-0.2, -0.15) is 13.4 Å². The number of ether oxygens (including phenoxy) is 2. The summed E-state index contributed by atoms with van der Waals surface area (Å²) in [6, 6.07) is 13.1. The molecular weight excluding hydrogens is 592 g/mol. The lowest BCUT2D eigenvalue weighted by Gasteiger charge is -2.13. The summed E-state index contributed by atoms with van der Waals surface area (Å²) in [4.78, 5) is 57.7. The van der Waals surface area contributed by atoms with Crippen LogP contribution in [-0.4, -0.2) is 59.9 Å². The van der Waals surface area contributed by atoms with Crippen LogP contribution in [0, 0.1) is 12.8 Å². The van der Waals surface area contributed by atoms with Gasteiger partial charge in [0.05, 0.1) is 30.4 Å². The van der Waals surface area contributed by atoms with E-state index in [9.17, 15) is 27.6 Å². The van der Waals surface area contributed by atoms with Crippen LogP contribution in [0.4, 0.5) is 5.95 Å². The van der Waals surface area contributed by atoms with Crippen LogP contribution < -0.4 is 11.3 Å². The molecule has 4 aromatic rings. The number of nitrogens with two attached hydrogens (primary N) is 1. The van der Waals surface area contributed by atoms with Crippen LogP contribution in [0.15, 0.2) is 64.4 Å². The van der Waals surface area contributed by atoms with Crippen molar-refractivity contribution in [2.24, 2.45) is 5.92 Å². The molecule has 2 aromatic carbocycles. The summed E-state index contributed by atoms with van der Waals surface area (Å²) in [6.45, 7) is 1.84. The number of rotatable bonds is 11. The molecule has 0 fully saturated rings. The van der Waals surface area contributed by atoms with Crippen LogP contribution in [-0.2, 0) is 42.0 Å². The number of nitrogens with zero attached hydrogens (tertiary/aromatic N) is 1. The highest BCUT2D eigenvalue weighted by atomic mass is 32.2. The number of esters is 2. The molecule has 44 heavy (non-hydrogen) atoms. The highest BCUT2D eigenvalue weighted by molar-refractivity contribution is 7.85. The van der Waals surface area contributed by atoms with E-state index in [4.69, 9.17) is 15.0 Å². The Morgan fingerprint density at radius 1 is 1.00 bits per heavy atom. The molecule has 234 valence electrons. The van der Waals surface area contributed by atoms with Crippen molar-refractivity contribution in [2.45, 2.75) is 43.9 Å². The smallest absolute Gasteiger partial charge is 0.309 e. The van der Waals surface area contributed by atoms with Crippen LogP contribution in [0.3, 0.4) is 0 Å². The van der Waals surface area contributed by atoms with Crippen molar-refractivity contribution in [3.05, 3.63) is 87.3 Å². The lowest BCUT2D eigenvalue weighted by molar-refractivity contribution is -0.146. The molecule has 0 aliphatic heterocycles. The van der Waals surface area contributed by atoms with Gasteiger partial charge in [0.1, 0.15) is 5.65 Å². The zero-order valence-electron chi connectivity index (χ0n) is 24.5. The average Bonchev–Trinajstić information content (AvgIpc) is 3.40. The quantitative estimate of drug-likeness (QED) is 0.108. The lowest BCUT2D eigenvalue weighted by Crippen LogP contribution is -2.21. The summed E-state index contributed by atoms with van der Waals surface area (Å²) in [5.41, 5.74) is 8.95. The third-order valence-corrected chi connectivity index (χ3v) is 7.68. The number of anilines is 1. The molecule has 1 unspecified atom stereocenters. The molecule has 13 nitrogen and oxygen atoms in total. The van der Waals surface area contributed by atoms with E-state index in [1.54, 1.807) is 30.5 Å². The van der Waals surface area contributed by atoms with Gasteiger partial charge in [-0.05, 0) is 49.4 Å². The van der Waals surface area contributed by atoms with Gasteiger partial charge in [-0.1, -0.05) is 42.0 Å². The Labute approximate surface area is 253 Å². The van der Waals surface area contributed by atoms with Gasteiger partial charge in [-0.3, -0.25) is 28.7 Å². The monoisotopic (exact) mass is 626 g/mol. The van der Waals surface area contributed by atoms with Gasteiger partial charge < -0.3 is 20.2 Å². The molecule has 0 aliphatic rings. The minimum absolute atomic E-state index is 0.0290. The van der Waals surface area contributed by atoms with E-state index < -0.39 is 28.0 Å². The summed E-state index contributed by atoms with van der Waals surface area (Å²) < 4.78 is 38.9. The summed E-state index contributed by atoms with van der Waals surface area (Å²) in [7, 11) is -1.50. The number of H-pyrrole nitrogens is 2. The van der Waals surface area contributed by atoms with Gasteiger partial charge in [0, 0.05) is 24.6 Å². The number of Topliss-reactive ketones (excluding diaryl/α,β-unsaturated/α-hetero) is 1. The Morgan fingerprint density at radius 3 is 2.25 bits per heavy atom. The Balaban J connectivity index is 0.000000404. The number of nitrogen functional groups attached to an aromatic ring is 1. The predicted molar refractivity (Wildman–Crippen MR) is 162 cm³/mol. The Kier molecular flexibility index (Phi) is 11.5. The fourth-order valence-electron chi connectivity index (χ4n) is 4.37. The normalized spacial score (nSPS) is 11.7. The predicted octanol–water partition coefficient (Wildman–Crippen LogP) is 3.18. The second kappa shape index (κ2) is 15.1. The number of aromatic nitrogens is 3. The molecule has 0 bridgehead atoms. The standard InChI is InChI=1S/C23H26N4O6.C7H8O3S/c1-32-18(29)10-9-15(22(31)33-2)11-17(28)14-6-3-13(4-7-14)5-8-16-12-25-20-19(16)21(30)27-23(24)26-20;1-6-2-4-7(5-3-6)11(8,9)10/h3-4,6-7,12,15H,5,8-11H2,1-2H3,(H4,24,25,26,27,30);2-5H,1H3,(H,8,9,10). The SMILES string of the molecule is COC(=O)CCC(CC(=O)c1ccc(CCc2c[nH]c3nc(N)[nH]c(=O)c23)cc1)C(=O)OC.Cc1ccc(S(=O)(=O)O)cc1. The van der Waals surface area contributed by atoms with E-state index in [0.717, 1.165) is 16.7 Å². The maximum absolute atomic E-state index is 12.7. The number of hydrogen-bond donors (Lipinski definition) is 4. The summed E-state index contributed by atoms with van der Waals surface area (Å²) in [5.74, 6) is -1.86. The maximum atomic E-state index is 12.7. The van der Waals surface area contributed by atoms with Crippen LogP contribution in [0.25, 0.3) is 11.0 Å². The highest BCUT2D eigenvalue weighted by Gasteiger charge is 2.24. The van der Waals surface area contributed by atoms with Crippen LogP contribution in [0.5, 0.6) is 0 Å². The molecule has 0 amide bonds. The lowest BCUT2D eigenvalue weighted by atomic mass is 9.93. The summed E-state index contributed by atoms with van der Waals surface area (Å²) in [5, 5.41) is 0.483. The molecule has 2 heterocycles. The van der Waals surface area contributed by atoms with Crippen LogP contribution in [0.2, 0.25) is 0 Å². The van der Waals surface area contributed by atoms with Crippen LogP contribution >= 0.6 is 0 Å². The number of fused-ring (bicyclic) bond motifs is 1. The van der Waals surface area contributed by atoms with Gasteiger partial charge >= 0.3 is 11.9 Å². The zero-order chi connectivity index (χ0) is 32.4. The summed E-state index contributed by atoms with van der Waals surface area (Å²) >= 11 is 0. The summed E-state index contributed by atoms with van der Waals surface area (Å²) in [6.07, 6.45) is 3.13. The second-order valence-electron chi connectivity index (χ2n) is 9.94. The first-order chi connectivity index (χ1) is 20.8. The number of carbonyl (C=O) groups excluding carboxylic acids is 3. The number of ketones is 1. The van der Waals surface area contributed by atoms with E-state index in [-0.39, 0.29) is 41.4 Å². The van der Waals surface area contributed by atoms with Gasteiger partial charge in [0.15, 0.2) is 5.78 Å². The first-order valence-electron chi connectivity index (χ1n) is 13.5. The number of aryl methyl sites for hydroxylation is 3. The van der Waals surface area contributed by atoms with Crippen LogP contribution in [0.1, 0.15) is 46.3 Å². The second-order valence-corrected chi connectivity index (χ2v) is 11.4. The fourth-order valence-corrected chi connectivity index (χ4v) is 4.85. The minimum atomic E-state index is -4.02. The van der Waals surface area contributed by atoms with Crippen molar-refractivity contribution in [3.8, 4) is 0 Å². The highest BCUT2D eigenvalue weighted by Crippen LogP contribution is 2.19. The molecule has 0 aliphatic carbocycles. The molecule has 0 saturated carbocycles. The Hall–Kier alpha value is -4.82. The van der Waals surface area contributed by atoms with Crippen molar-refractivity contribution >= 4 is 44.8 Å². The van der Waals surface area contributed by atoms with E-state index in [2.05, 4.69) is 19.7 Å². The molecule has 14 heteroatoms. The number of aromatic amines is 2. The Morgan fingerprint density at radius 2 is 1.66 bits per heavy atom. The third kappa shape index (κ3) is 9.34. The average molecular weight is 627 g/mol. The first-order valence-corrected chi connectivity index (χ1v) is 14.9. The van der Waals surface area contributed by atoms with Crippen molar-refractivity contribution in [2.75, 3.05) is 20.0 Å². The van der Waals surface area contributed by atoms with Crippen molar-refractivity contribution in [3.63, 3.8) is 0 Å². The molecule has 0 saturated heterocycles. The molecule has 2 aromatic heterocycles. The number of carbonyl (C=O) groups is 3. The van der Waals surface area contributed by atoms with Gasteiger partial charge in [-0.25, -0.2) is 0 Å². The molecule has 1 atom stereocenters. The van der Waals surface area contributed by atoms with E-state index >= 15 is 0 Å². The number of methoxy groups -OCH3 is 2. The van der Waals surface area contributed by atoms with Gasteiger partial charge in [-0.15, -0.1) is 0 Å². The third-order valence-electron chi connectivity index (χ3n) is 6.81. The molecule has 5 N–H and O–H groups in total. The van der Waals surface area contributed by atoms with Gasteiger partial charge in [0.25, 0.3) is 15.7 Å². The maximum Gasteiger partial charge on any atom is 0.309 e. The molecular formula is C30H34N4O9S. The van der Waals surface area contributed by atoms with Crippen molar-refractivity contribution < 1.29 is 36.8 Å². The molecule has 0 spiro atoms. The number of hydrogen-bond acceptors (Lipinski definition) is 10. The Bertz CT molecular complexity index is 1780. The topological polar surface area (TPSA) is 212 Å². The first kappa shape index (κ1) is 33.7. The minimum Gasteiger partial charge on any atom is -0.469 e. The van der Waals surface area contributed by atoms with Crippen molar-refractivity contribution in [1.82, 2.24) is 15.0 Å². The fraction of sp³-hybridized carbons (Fsp3) is 0.300. The molecule has 0 radical (unpaired) electrons. The largest absolute Gasteiger partial charge is 0.469 e. The zero-order valence-corrected chi connectivity index (χ0v) is 25.3. The number of benzene rings is 2. The van der Waals surface area contributed by atoms with E-state index in [1.165, 1.54) is 26.4 Å². The van der Waals surface area contributed by atoms with E-state index in [0.29, 0.717) is 29.4 Å². The van der Waals surface area contributed by atoms with E-state index in [1.807, 2.05) is 19.1 Å². The molecule has 4 rings (SSSR count).